The van der Waals surface area contributed by atoms with Crippen LogP contribution in [-0.4, -0.2) is 35.0 Å². The SMILES string of the molecule is Cc1ccc(C)c(OC2CCN(C(=O)Cc3csc(-c4ccccc4Cl)n3)CC2)c1. The molecule has 1 saturated heterocycles. The van der Waals surface area contributed by atoms with Crippen LogP contribution in [0.2, 0.25) is 5.02 Å². The molecule has 0 spiro atoms. The number of aromatic nitrogens is 1. The van der Waals surface area contributed by atoms with E-state index in [2.05, 4.69) is 37.0 Å². The fourth-order valence-corrected chi connectivity index (χ4v) is 4.79. The Bertz CT molecular complexity index is 1040. The predicted molar refractivity (Wildman–Crippen MR) is 122 cm³/mol. The van der Waals surface area contributed by atoms with E-state index in [1.54, 1.807) is 0 Å². The lowest BCUT2D eigenvalue weighted by atomic mass is 10.1. The van der Waals surface area contributed by atoms with Crippen LogP contribution in [0.25, 0.3) is 10.6 Å². The number of amides is 1. The maximum absolute atomic E-state index is 12.8. The third-order valence-electron chi connectivity index (χ3n) is 5.42. The van der Waals surface area contributed by atoms with E-state index in [1.807, 2.05) is 34.5 Å². The summed E-state index contributed by atoms with van der Waals surface area (Å²) in [6.07, 6.45) is 2.17. The molecule has 4 nitrogen and oxygen atoms in total. The Kier molecular flexibility index (Phi) is 6.40. The number of benzene rings is 2. The second-order valence-electron chi connectivity index (χ2n) is 7.77. The van der Waals surface area contributed by atoms with Crippen molar-refractivity contribution >= 4 is 28.8 Å². The van der Waals surface area contributed by atoms with E-state index in [4.69, 9.17) is 16.3 Å². The molecule has 0 saturated carbocycles. The smallest absolute Gasteiger partial charge is 0.228 e. The molecular formula is C24H25ClN2O2S. The molecule has 30 heavy (non-hydrogen) atoms. The van der Waals surface area contributed by atoms with Crippen LogP contribution in [0.3, 0.4) is 0 Å². The summed E-state index contributed by atoms with van der Waals surface area (Å²) in [5.41, 5.74) is 4.06. The van der Waals surface area contributed by atoms with Crippen molar-refractivity contribution in [1.29, 1.82) is 0 Å². The molecule has 0 aliphatic carbocycles. The third-order valence-corrected chi connectivity index (χ3v) is 6.67. The molecule has 6 heteroatoms. The summed E-state index contributed by atoms with van der Waals surface area (Å²) in [4.78, 5) is 19.3. The van der Waals surface area contributed by atoms with Gasteiger partial charge in [0.2, 0.25) is 5.91 Å². The van der Waals surface area contributed by atoms with E-state index >= 15 is 0 Å². The fourth-order valence-electron chi connectivity index (χ4n) is 3.65. The van der Waals surface area contributed by atoms with Crippen molar-refractivity contribution in [3.05, 3.63) is 69.7 Å². The molecule has 1 amide bonds. The van der Waals surface area contributed by atoms with Crippen LogP contribution in [0.1, 0.15) is 29.7 Å². The molecule has 3 aromatic rings. The molecule has 0 bridgehead atoms. The summed E-state index contributed by atoms with van der Waals surface area (Å²) >= 11 is 7.79. The molecule has 4 rings (SSSR count). The first kappa shape index (κ1) is 20.9. The average molecular weight is 441 g/mol. The minimum atomic E-state index is 0.121. The molecule has 0 radical (unpaired) electrons. The molecule has 156 valence electrons. The lowest BCUT2D eigenvalue weighted by Crippen LogP contribution is -2.42. The molecule has 2 heterocycles. The Labute approximate surface area is 186 Å². The van der Waals surface area contributed by atoms with Crippen LogP contribution in [-0.2, 0) is 11.2 Å². The zero-order valence-electron chi connectivity index (χ0n) is 17.2. The normalized spacial score (nSPS) is 14.7. The van der Waals surface area contributed by atoms with Crippen LogP contribution in [0.4, 0.5) is 0 Å². The first-order valence-corrected chi connectivity index (χ1v) is 11.5. The van der Waals surface area contributed by atoms with Gasteiger partial charge in [0.15, 0.2) is 0 Å². The molecule has 0 atom stereocenters. The zero-order chi connectivity index (χ0) is 21.1. The molecular weight excluding hydrogens is 416 g/mol. The standard InChI is InChI=1S/C24H25ClN2O2S/c1-16-7-8-17(2)22(13-16)29-19-9-11-27(12-10-19)23(28)14-18-15-30-24(26-18)20-5-3-4-6-21(20)25/h3-8,13,15,19H,9-12,14H2,1-2H3. The molecule has 1 aliphatic heterocycles. The number of carbonyl (C=O) groups excluding carboxylic acids is 1. The molecule has 1 aromatic heterocycles. The van der Waals surface area contributed by atoms with Crippen molar-refractivity contribution in [3.8, 4) is 16.3 Å². The number of nitrogens with zero attached hydrogens (tertiary/aromatic N) is 2. The van der Waals surface area contributed by atoms with Crippen molar-refractivity contribution in [2.45, 2.75) is 39.2 Å². The number of hydrogen-bond acceptors (Lipinski definition) is 4. The maximum atomic E-state index is 12.8. The summed E-state index contributed by atoms with van der Waals surface area (Å²) in [5, 5.41) is 3.48. The van der Waals surface area contributed by atoms with Gasteiger partial charge in [0, 0.05) is 36.9 Å². The van der Waals surface area contributed by atoms with E-state index in [-0.39, 0.29) is 12.0 Å². The number of rotatable bonds is 5. The van der Waals surface area contributed by atoms with Gasteiger partial charge in [-0.05, 0) is 37.1 Å². The lowest BCUT2D eigenvalue weighted by molar-refractivity contribution is -0.132. The quantitative estimate of drug-likeness (QED) is 0.511. The zero-order valence-corrected chi connectivity index (χ0v) is 18.8. The number of carbonyl (C=O) groups is 1. The largest absolute Gasteiger partial charge is 0.490 e. The van der Waals surface area contributed by atoms with E-state index in [0.29, 0.717) is 11.4 Å². The van der Waals surface area contributed by atoms with Crippen molar-refractivity contribution < 1.29 is 9.53 Å². The maximum Gasteiger partial charge on any atom is 0.228 e. The highest BCUT2D eigenvalue weighted by molar-refractivity contribution is 7.13. The Morgan fingerprint density at radius 1 is 1.20 bits per heavy atom. The predicted octanol–water partition coefficient (Wildman–Crippen LogP) is 5.69. The fraction of sp³-hybridized carbons (Fsp3) is 0.333. The summed E-state index contributed by atoms with van der Waals surface area (Å²) < 4.78 is 6.22. The molecule has 0 N–H and O–H groups in total. The number of ether oxygens (including phenoxy) is 1. The van der Waals surface area contributed by atoms with E-state index in [9.17, 15) is 4.79 Å². The van der Waals surface area contributed by atoms with Crippen LogP contribution in [0.5, 0.6) is 5.75 Å². The Balaban J connectivity index is 1.32. The van der Waals surface area contributed by atoms with Gasteiger partial charge in [-0.15, -0.1) is 11.3 Å². The second kappa shape index (κ2) is 9.19. The van der Waals surface area contributed by atoms with Gasteiger partial charge in [0.05, 0.1) is 17.1 Å². The molecule has 1 aliphatic rings. The van der Waals surface area contributed by atoms with Gasteiger partial charge in [-0.3, -0.25) is 4.79 Å². The lowest BCUT2D eigenvalue weighted by Gasteiger charge is -2.32. The highest BCUT2D eigenvalue weighted by atomic mass is 35.5. The number of likely N-dealkylation sites (tertiary alicyclic amines) is 1. The van der Waals surface area contributed by atoms with Crippen LogP contribution < -0.4 is 4.74 Å². The summed E-state index contributed by atoms with van der Waals surface area (Å²) in [5.74, 6) is 1.07. The topological polar surface area (TPSA) is 42.4 Å². The molecule has 1 fully saturated rings. The van der Waals surface area contributed by atoms with Crippen LogP contribution >= 0.6 is 22.9 Å². The van der Waals surface area contributed by atoms with Crippen molar-refractivity contribution in [3.63, 3.8) is 0 Å². The highest BCUT2D eigenvalue weighted by Crippen LogP contribution is 2.30. The van der Waals surface area contributed by atoms with Gasteiger partial charge in [0.25, 0.3) is 0 Å². The number of piperidine rings is 1. The molecule has 2 aromatic carbocycles. The van der Waals surface area contributed by atoms with Gasteiger partial charge in [-0.25, -0.2) is 4.98 Å². The third kappa shape index (κ3) is 4.85. The first-order valence-electron chi connectivity index (χ1n) is 10.2. The number of aryl methyl sites for hydroxylation is 2. The monoisotopic (exact) mass is 440 g/mol. The van der Waals surface area contributed by atoms with Gasteiger partial charge in [-0.1, -0.05) is 41.9 Å². The summed E-state index contributed by atoms with van der Waals surface area (Å²) in [6.45, 7) is 5.58. The van der Waals surface area contributed by atoms with E-state index in [0.717, 1.165) is 53.5 Å². The summed E-state index contributed by atoms with van der Waals surface area (Å²) in [7, 11) is 0. The van der Waals surface area contributed by atoms with Crippen LogP contribution in [0, 0.1) is 13.8 Å². The van der Waals surface area contributed by atoms with Gasteiger partial charge >= 0.3 is 0 Å². The Morgan fingerprint density at radius 3 is 2.73 bits per heavy atom. The number of hydrogen-bond donors (Lipinski definition) is 0. The van der Waals surface area contributed by atoms with Crippen LogP contribution in [0.15, 0.2) is 47.8 Å². The minimum Gasteiger partial charge on any atom is -0.490 e. The first-order chi connectivity index (χ1) is 14.5. The van der Waals surface area contributed by atoms with Gasteiger partial charge in [0.1, 0.15) is 16.9 Å². The van der Waals surface area contributed by atoms with E-state index in [1.165, 1.54) is 16.9 Å². The van der Waals surface area contributed by atoms with Crippen molar-refractivity contribution in [2.75, 3.05) is 13.1 Å². The highest BCUT2D eigenvalue weighted by Gasteiger charge is 2.25. The van der Waals surface area contributed by atoms with Gasteiger partial charge < -0.3 is 9.64 Å². The number of halogens is 1. The Hall–Kier alpha value is -2.37. The number of thiazole rings is 1. The van der Waals surface area contributed by atoms with Crippen molar-refractivity contribution in [2.24, 2.45) is 0 Å². The Morgan fingerprint density at radius 2 is 1.97 bits per heavy atom. The van der Waals surface area contributed by atoms with E-state index < -0.39 is 0 Å². The van der Waals surface area contributed by atoms with Gasteiger partial charge in [-0.2, -0.15) is 0 Å². The summed E-state index contributed by atoms with van der Waals surface area (Å²) in [6, 6.07) is 13.9. The molecule has 0 unspecified atom stereocenters. The van der Waals surface area contributed by atoms with Crippen molar-refractivity contribution in [1.82, 2.24) is 9.88 Å². The second-order valence-corrected chi connectivity index (χ2v) is 9.03. The average Bonchev–Trinajstić information content (AvgIpc) is 3.20. The minimum absolute atomic E-state index is 0.121.